The quantitative estimate of drug-likeness (QED) is 0.0418. The number of nitrogens with zero attached hydrogens (tertiary/aromatic N) is 4. The zero-order valence-electron chi connectivity index (χ0n) is 38.5. The fraction of sp³-hybridized carbons (Fsp3) is 0.123. The number of allylic oxidation sites excluding steroid dienone is 1. The highest BCUT2D eigenvalue weighted by atomic mass is 32.2. The number of fused-ring (bicyclic) bond motifs is 1. The summed E-state index contributed by atoms with van der Waals surface area (Å²) in [6, 6.07) is 55.6. The van der Waals surface area contributed by atoms with E-state index in [2.05, 4.69) is 25.8 Å². The number of anilines is 1. The molecule has 4 heterocycles. The van der Waals surface area contributed by atoms with Gasteiger partial charge in [0.2, 0.25) is 5.60 Å². The van der Waals surface area contributed by atoms with Crippen LogP contribution < -0.4 is 15.7 Å². The van der Waals surface area contributed by atoms with Crippen LogP contribution in [0.1, 0.15) is 56.8 Å². The molecular weight excluding hydrogens is 970 g/mol. The second-order valence-electron chi connectivity index (χ2n) is 17.1. The highest BCUT2D eigenvalue weighted by molar-refractivity contribution is 8.03. The van der Waals surface area contributed by atoms with Crippen LogP contribution in [0.2, 0.25) is 0 Å². The Kier molecular flexibility index (Phi) is 13.5. The molecule has 1 saturated heterocycles. The number of amides is 2. The number of carbonyl (C=O) groups is 3. The normalized spacial score (nSPS) is 16.0. The third kappa shape index (κ3) is 9.26. The molecule has 364 valence electrons. The van der Waals surface area contributed by atoms with Gasteiger partial charge in [0.25, 0.3) is 11.8 Å². The van der Waals surface area contributed by atoms with Crippen LogP contribution in [0.4, 0.5) is 18.3 Å². The molecule has 11 nitrogen and oxygen atoms in total. The fourth-order valence-electron chi connectivity index (χ4n) is 9.53. The summed E-state index contributed by atoms with van der Waals surface area (Å²) in [5.74, 6) is -3.61. The number of carbonyl (C=O) groups excluding carboxylic acids is 3. The van der Waals surface area contributed by atoms with Gasteiger partial charge in [-0.05, 0) is 41.7 Å². The summed E-state index contributed by atoms with van der Waals surface area (Å²) in [5, 5.41) is 23.0. The van der Waals surface area contributed by atoms with Gasteiger partial charge in [-0.3, -0.25) is 14.6 Å². The minimum atomic E-state index is -5.11. The van der Waals surface area contributed by atoms with E-state index in [1.807, 2.05) is 91.0 Å². The SMILES string of the molecule is O=C([O-])C1=C(Sc2ccncc2)CCC2C(NC(=O)C(=NOC(c3ccccc3)(c3ccccc3)c3ccccc3)c3nc(NC(c4ccccc4)(c4ccccc4)c4ccccc4)sc3C(F)(F)F)C(=O)N12. The number of β-lactam (4-membered cyclic amide) rings is 1. The summed E-state index contributed by atoms with van der Waals surface area (Å²) in [5.41, 5.74) is -1.49. The number of thioether (sulfide) groups is 1. The molecule has 0 saturated carbocycles. The van der Waals surface area contributed by atoms with Gasteiger partial charge in [0, 0.05) is 38.9 Å². The molecule has 2 atom stereocenters. The number of aromatic nitrogens is 2. The number of thiazole rings is 1. The number of rotatable bonds is 16. The molecule has 73 heavy (non-hydrogen) atoms. The molecule has 0 radical (unpaired) electrons. The van der Waals surface area contributed by atoms with Crippen molar-refractivity contribution in [2.45, 2.75) is 47.1 Å². The second kappa shape index (κ2) is 20.4. The lowest BCUT2D eigenvalue weighted by Gasteiger charge is -2.51. The van der Waals surface area contributed by atoms with E-state index < -0.39 is 63.5 Å². The van der Waals surface area contributed by atoms with Crippen molar-refractivity contribution in [3.8, 4) is 0 Å². The Morgan fingerprint density at radius 3 is 1.58 bits per heavy atom. The summed E-state index contributed by atoms with van der Waals surface area (Å²) in [6.07, 6.45) is -1.60. The minimum absolute atomic E-state index is 0.195. The topological polar surface area (TPSA) is 149 Å². The molecule has 2 aliphatic heterocycles. The van der Waals surface area contributed by atoms with Crippen LogP contribution in [0, 0.1) is 0 Å². The van der Waals surface area contributed by atoms with Gasteiger partial charge >= 0.3 is 6.18 Å². The van der Waals surface area contributed by atoms with Crippen molar-refractivity contribution in [1.29, 1.82) is 0 Å². The number of alkyl halides is 3. The molecule has 6 aromatic carbocycles. The van der Waals surface area contributed by atoms with E-state index in [0.717, 1.165) is 16.7 Å². The van der Waals surface area contributed by atoms with Crippen LogP contribution in [0.3, 0.4) is 0 Å². The van der Waals surface area contributed by atoms with Crippen LogP contribution in [0.15, 0.2) is 227 Å². The number of pyridine rings is 1. The van der Waals surface area contributed by atoms with Crippen LogP contribution in [-0.2, 0) is 36.5 Å². The Bertz CT molecular complexity index is 3120. The molecule has 2 N–H and O–H groups in total. The first-order valence-corrected chi connectivity index (χ1v) is 24.7. The number of halogens is 3. The Labute approximate surface area is 426 Å². The molecule has 1 fully saturated rings. The maximum atomic E-state index is 15.9. The molecule has 0 aliphatic carbocycles. The average Bonchev–Trinajstić information content (AvgIpc) is 3.86. The summed E-state index contributed by atoms with van der Waals surface area (Å²) in [4.78, 5) is 58.2. The van der Waals surface area contributed by atoms with Gasteiger partial charge < -0.3 is 30.3 Å². The van der Waals surface area contributed by atoms with Crippen molar-refractivity contribution in [3.63, 3.8) is 0 Å². The van der Waals surface area contributed by atoms with Crippen LogP contribution >= 0.6 is 23.1 Å². The number of hydrogen-bond acceptors (Lipinski definition) is 11. The standard InChI is InChI=1S/C57H43F3N6O5S2/c58-57(59,60)50-47(63-54(73-50)64-55(37-19-7-1-8-20-37,38-21-9-2-10-22-38)39-23-11-3-12-24-39)48(65-71-56(40-25-13-4-14-26-40,41-27-15-5-16-28-41)42-29-17-6-18-30-42)51(67)62-46-44-31-32-45(72-43-33-35-61-36-34-43)49(53(69)70)66(44)52(46)68/h1-30,33-36,44,46H,31-32H2,(H,62,67)(H,63,64)(H,69,70)/p-1. The maximum absolute atomic E-state index is 15.9. The molecule has 10 rings (SSSR count). The molecule has 2 amide bonds. The van der Waals surface area contributed by atoms with E-state index in [9.17, 15) is 14.7 Å². The number of nitrogens with one attached hydrogen (secondary N) is 2. The summed E-state index contributed by atoms with van der Waals surface area (Å²) in [7, 11) is 0. The average molecular weight is 1010 g/mol. The Morgan fingerprint density at radius 1 is 0.685 bits per heavy atom. The van der Waals surface area contributed by atoms with Crippen LogP contribution in [0.5, 0.6) is 0 Å². The molecule has 0 bridgehead atoms. The van der Waals surface area contributed by atoms with Crippen LogP contribution in [-0.4, -0.2) is 50.4 Å². The van der Waals surface area contributed by atoms with Crippen molar-refractivity contribution in [2.75, 3.05) is 5.32 Å². The number of carboxylic acids is 1. The minimum Gasteiger partial charge on any atom is -0.543 e. The predicted octanol–water partition coefficient (Wildman–Crippen LogP) is 9.92. The fourth-order valence-corrected chi connectivity index (χ4v) is 11.5. The molecule has 8 aromatic rings. The highest BCUT2D eigenvalue weighted by Gasteiger charge is 2.53. The van der Waals surface area contributed by atoms with Gasteiger partial charge in [0.15, 0.2) is 10.8 Å². The van der Waals surface area contributed by atoms with Crippen molar-refractivity contribution in [3.05, 3.63) is 261 Å². The van der Waals surface area contributed by atoms with Crippen molar-refractivity contribution in [1.82, 2.24) is 20.2 Å². The van der Waals surface area contributed by atoms with E-state index in [0.29, 0.717) is 43.2 Å². The Balaban J connectivity index is 1.13. The zero-order valence-corrected chi connectivity index (χ0v) is 40.1. The molecule has 2 aromatic heterocycles. The third-order valence-electron chi connectivity index (χ3n) is 12.8. The first-order chi connectivity index (χ1) is 35.5. The van der Waals surface area contributed by atoms with E-state index in [1.54, 1.807) is 116 Å². The van der Waals surface area contributed by atoms with Gasteiger partial charge in [-0.2, -0.15) is 13.2 Å². The maximum Gasteiger partial charge on any atom is 0.427 e. The predicted molar refractivity (Wildman–Crippen MR) is 271 cm³/mol. The number of oxime groups is 1. The van der Waals surface area contributed by atoms with Gasteiger partial charge in [-0.15, -0.1) is 0 Å². The van der Waals surface area contributed by atoms with Crippen molar-refractivity contribution < 1.29 is 37.5 Å². The zero-order chi connectivity index (χ0) is 50.6. The van der Waals surface area contributed by atoms with Crippen molar-refractivity contribution >= 4 is 51.7 Å². The number of aliphatic carboxylic acids is 1. The summed E-state index contributed by atoms with van der Waals surface area (Å²) in [6.45, 7) is 0. The van der Waals surface area contributed by atoms with Gasteiger partial charge in [0.05, 0.1) is 17.7 Å². The third-order valence-corrected chi connectivity index (χ3v) is 15.0. The monoisotopic (exact) mass is 1010 g/mol. The lowest BCUT2D eigenvalue weighted by Crippen LogP contribution is -2.72. The molecule has 2 unspecified atom stereocenters. The second-order valence-corrected chi connectivity index (χ2v) is 19.3. The van der Waals surface area contributed by atoms with Gasteiger partial charge in [-0.1, -0.05) is 210 Å². The summed E-state index contributed by atoms with van der Waals surface area (Å²) >= 11 is 1.44. The first-order valence-electron chi connectivity index (χ1n) is 23.1. The van der Waals surface area contributed by atoms with E-state index in [1.165, 1.54) is 0 Å². The first kappa shape index (κ1) is 48.3. The highest BCUT2D eigenvalue weighted by Crippen LogP contribution is 2.47. The van der Waals surface area contributed by atoms with Gasteiger partial charge in [-0.25, -0.2) is 4.98 Å². The number of benzene rings is 6. The van der Waals surface area contributed by atoms with Crippen molar-refractivity contribution in [2.24, 2.45) is 5.16 Å². The smallest absolute Gasteiger partial charge is 0.427 e. The lowest BCUT2D eigenvalue weighted by atomic mass is 9.77. The number of hydrogen-bond donors (Lipinski definition) is 2. The Hall–Kier alpha value is -8.34. The molecule has 0 spiro atoms. The Morgan fingerprint density at radius 2 is 1.14 bits per heavy atom. The summed E-state index contributed by atoms with van der Waals surface area (Å²) < 4.78 is 47.6. The van der Waals surface area contributed by atoms with E-state index in [4.69, 9.17) is 4.84 Å². The largest absolute Gasteiger partial charge is 0.543 e. The van der Waals surface area contributed by atoms with Gasteiger partial charge in [0.1, 0.15) is 22.2 Å². The number of carboxylic acid groups (broad SMARTS) is 1. The van der Waals surface area contributed by atoms with Crippen LogP contribution in [0.25, 0.3) is 0 Å². The molecular formula is C57H42F3N6O5S2-. The lowest BCUT2D eigenvalue weighted by molar-refractivity contribution is -0.302. The molecule has 16 heteroatoms. The van der Waals surface area contributed by atoms with E-state index in [-0.39, 0.29) is 35.0 Å². The van der Waals surface area contributed by atoms with E-state index >= 15 is 18.0 Å². The molecule has 2 aliphatic rings.